The number of halogens is 4. The van der Waals surface area contributed by atoms with E-state index in [0.717, 1.165) is 12.3 Å². The third-order valence-electron chi connectivity index (χ3n) is 6.55. The lowest BCUT2D eigenvalue weighted by molar-refractivity contribution is -0.198. The second-order valence-electron chi connectivity index (χ2n) is 9.03. The summed E-state index contributed by atoms with van der Waals surface area (Å²) < 4.78 is 95.7. The molecule has 3 aliphatic heterocycles. The van der Waals surface area contributed by atoms with Crippen molar-refractivity contribution in [2.24, 2.45) is 0 Å². The Labute approximate surface area is 185 Å². The van der Waals surface area contributed by atoms with E-state index in [1.807, 2.05) is 0 Å². The Morgan fingerprint density at radius 3 is 2.53 bits per heavy atom. The highest BCUT2D eigenvalue weighted by Crippen LogP contribution is 2.42. The fourth-order valence-electron chi connectivity index (χ4n) is 5.14. The van der Waals surface area contributed by atoms with Crippen LogP contribution in [-0.4, -0.2) is 63.6 Å². The van der Waals surface area contributed by atoms with E-state index in [1.54, 1.807) is 0 Å². The normalized spacial score (nSPS) is 31.4. The minimum atomic E-state index is -3.77. The van der Waals surface area contributed by atoms with Crippen molar-refractivity contribution in [1.82, 2.24) is 9.62 Å². The maximum atomic E-state index is 15.0. The zero-order valence-corrected chi connectivity index (χ0v) is 18.6. The lowest BCUT2D eigenvalue weighted by Gasteiger charge is -2.42. The predicted molar refractivity (Wildman–Crippen MR) is 109 cm³/mol. The third-order valence-corrected chi connectivity index (χ3v) is 7.28. The molecule has 3 heterocycles. The molecule has 1 aromatic rings. The molecule has 0 amide bonds. The van der Waals surface area contributed by atoms with Gasteiger partial charge < -0.3 is 9.47 Å². The minimum Gasteiger partial charge on any atom is -0.428 e. The molecule has 5 rings (SSSR count). The smallest absolute Gasteiger partial charge is 0.411 e. The van der Waals surface area contributed by atoms with Gasteiger partial charge in [-0.25, -0.2) is 21.9 Å². The Balaban J connectivity index is 1.69. The van der Waals surface area contributed by atoms with Crippen molar-refractivity contribution in [3.05, 3.63) is 29.3 Å². The largest absolute Gasteiger partial charge is 0.428 e. The lowest BCUT2D eigenvalue weighted by atomic mass is 9.82. The van der Waals surface area contributed by atoms with Gasteiger partial charge in [-0.05, 0) is 57.1 Å². The zero-order chi connectivity index (χ0) is 23.1. The molecule has 0 spiro atoms. The number of benzene rings is 1. The van der Waals surface area contributed by atoms with Crippen molar-refractivity contribution >= 4 is 10.0 Å². The number of rotatable bonds is 2. The molecular formula is C21H28F4N2O4S. The molecule has 2 atom stereocenters. The Hall–Kier alpha value is -1.43. The van der Waals surface area contributed by atoms with Crippen LogP contribution in [0.5, 0.6) is 5.75 Å². The van der Waals surface area contributed by atoms with E-state index >= 15 is 8.78 Å². The fourth-order valence-corrected chi connectivity index (χ4v) is 5.97. The summed E-state index contributed by atoms with van der Waals surface area (Å²) in [4.78, 5) is 1.44. The molecule has 1 aromatic carbocycles. The summed E-state index contributed by atoms with van der Waals surface area (Å²) in [6, 6.07) is 0.422. The van der Waals surface area contributed by atoms with E-state index in [2.05, 4.69) is 4.72 Å². The summed E-state index contributed by atoms with van der Waals surface area (Å²) >= 11 is 0. The van der Waals surface area contributed by atoms with Crippen LogP contribution < -0.4 is 9.46 Å². The lowest BCUT2D eigenvalue weighted by Crippen LogP contribution is -2.60. The van der Waals surface area contributed by atoms with Crippen molar-refractivity contribution in [3.63, 3.8) is 0 Å². The summed E-state index contributed by atoms with van der Waals surface area (Å²) in [7, 11) is -3.56. The van der Waals surface area contributed by atoms with Gasteiger partial charge in [0, 0.05) is 23.7 Å². The van der Waals surface area contributed by atoms with Gasteiger partial charge in [0.15, 0.2) is 11.6 Å². The van der Waals surface area contributed by atoms with E-state index in [1.165, 1.54) is 4.90 Å². The highest BCUT2D eigenvalue weighted by atomic mass is 32.2. The van der Waals surface area contributed by atoms with Crippen LogP contribution in [0.25, 0.3) is 0 Å². The van der Waals surface area contributed by atoms with E-state index in [4.69, 9.17) is 9.47 Å². The van der Waals surface area contributed by atoms with E-state index in [-0.39, 0.29) is 24.2 Å². The van der Waals surface area contributed by atoms with Gasteiger partial charge >= 0.3 is 6.11 Å². The monoisotopic (exact) mass is 480 g/mol. The quantitative estimate of drug-likeness (QED) is 0.658. The highest BCUT2D eigenvalue weighted by molar-refractivity contribution is 7.88. The van der Waals surface area contributed by atoms with Crippen molar-refractivity contribution in [3.8, 4) is 5.75 Å². The molecule has 2 unspecified atom stereocenters. The first-order valence-electron chi connectivity index (χ1n) is 10.9. The number of ether oxygens (including phenoxy) is 2. The number of piperidine rings is 1. The number of fused-ring (bicyclic) bond motifs is 5. The van der Waals surface area contributed by atoms with Crippen molar-refractivity contribution in [1.29, 1.82) is 0 Å². The number of hydrogen-bond acceptors (Lipinski definition) is 5. The Morgan fingerprint density at radius 1 is 1.12 bits per heavy atom. The predicted octanol–water partition coefficient (Wildman–Crippen LogP) is 3.38. The van der Waals surface area contributed by atoms with Crippen LogP contribution in [0.4, 0.5) is 17.6 Å². The molecule has 11 heteroatoms. The van der Waals surface area contributed by atoms with Gasteiger partial charge in [-0.2, -0.15) is 8.78 Å². The second-order valence-corrected chi connectivity index (χ2v) is 10.8. The Kier molecular flexibility index (Phi) is 6.73. The average Bonchev–Trinajstić information content (AvgIpc) is 2.69. The Bertz CT molecular complexity index is 938. The van der Waals surface area contributed by atoms with Crippen molar-refractivity contribution in [2.75, 3.05) is 26.0 Å². The van der Waals surface area contributed by atoms with Gasteiger partial charge in [0.2, 0.25) is 10.0 Å². The van der Waals surface area contributed by atoms with Crippen LogP contribution in [0, 0.1) is 11.6 Å². The summed E-state index contributed by atoms with van der Waals surface area (Å²) in [5.41, 5.74) is 0.117. The van der Waals surface area contributed by atoms with Gasteiger partial charge in [0.1, 0.15) is 12.4 Å². The molecule has 1 aliphatic carbocycles. The van der Waals surface area contributed by atoms with Gasteiger partial charge in [-0.15, -0.1) is 0 Å². The highest BCUT2D eigenvalue weighted by Gasteiger charge is 2.43. The van der Waals surface area contributed by atoms with Crippen LogP contribution in [-0.2, 0) is 14.8 Å². The summed E-state index contributed by atoms with van der Waals surface area (Å²) in [6.07, 6.45) is 0.386. The first-order chi connectivity index (χ1) is 15.0. The molecule has 2 bridgehead atoms. The molecule has 2 fully saturated rings. The molecular weight excluding hydrogens is 452 g/mol. The molecule has 180 valence electrons. The van der Waals surface area contributed by atoms with Crippen molar-refractivity contribution < 1.29 is 35.5 Å². The van der Waals surface area contributed by atoms with Gasteiger partial charge in [0.25, 0.3) is 0 Å². The molecule has 1 N–H and O–H groups in total. The topological polar surface area (TPSA) is 67.9 Å². The van der Waals surface area contributed by atoms with Crippen LogP contribution in [0.2, 0.25) is 0 Å². The van der Waals surface area contributed by atoms with E-state index < -0.39 is 52.1 Å². The van der Waals surface area contributed by atoms with Gasteiger partial charge in [0.05, 0.1) is 19.0 Å². The molecule has 6 nitrogen and oxygen atoms in total. The number of hydrogen-bond donors (Lipinski definition) is 1. The molecule has 0 aromatic heterocycles. The van der Waals surface area contributed by atoms with E-state index in [0.29, 0.717) is 51.1 Å². The summed E-state index contributed by atoms with van der Waals surface area (Å²) in [5.74, 6) is -2.91. The molecule has 4 aliphatic rings. The number of alkyl halides is 2. The first-order valence-corrected chi connectivity index (χ1v) is 12.8. The van der Waals surface area contributed by atoms with Crippen LogP contribution in [0.3, 0.4) is 0 Å². The van der Waals surface area contributed by atoms with Gasteiger partial charge in [-0.1, -0.05) is 0 Å². The van der Waals surface area contributed by atoms with Crippen LogP contribution in [0.15, 0.2) is 12.1 Å². The maximum absolute atomic E-state index is 15.0. The van der Waals surface area contributed by atoms with Crippen LogP contribution in [0.1, 0.15) is 50.0 Å². The molecule has 1 saturated heterocycles. The van der Waals surface area contributed by atoms with Crippen LogP contribution >= 0.6 is 0 Å². The SMILES string of the molecule is CS(=O)(=O)NC1CCCN2CC(F)(F)Oc3c(F)cc(F)cc3C3CCC(CC3)OCC12. The standard InChI is InChI=1S/C21H28F4N2O4S/c1-32(28,29)26-18-3-2-8-27-12-21(24,25)31-20-16(9-14(22)10-17(20)23)13-4-6-15(7-5-13)30-11-19(18)27/h9-10,13,15,18-19,26H,2-8,11-12H2,1H3. The first kappa shape index (κ1) is 23.7. The molecule has 0 radical (unpaired) electrons. The molecule has 1 saturated carbocycles. The van der Waals surface area contributed by atoms with Crippen molar-refractivity contribution in [2.45, 2.75) is 68.7 Å². The Morgan fingerprint density at radius 2 is 1.84 bits per heavy atom. The maximum Gasteiger partial charge on any atom is 0.411 e. The molecule has 32 heavy (non-hydrogen) atoms. The second kappa shape index (κ2) is 9.08. The third kappa shape index (κ3) is 5.55. The summed E-state index contributed by atoms with van der Waals surface area (Å²) in [6.45, 7) is -0.482. The number of sulfonamides is 1. The number of nitrogens with zero attached hydrogens (tertiary/aromatic N) is 1. The number of nitrogens with one attached hydrogen (secondary N) is 1. The average molecular weight is 481 g/mol. The minimum absolute atomic E-state index is 0.0918. The fraction of sp³-hybridized carbons (Fsp3) is 0.714. The van der Waals surface area contributed by atoms with Gasteiger partial charge in [-0.3, -0.25) is 4.90 Å². The van der Waals surface area contributed by atoms with E-state index in [9.17, 15) is 17.2 Å². The summed E-state index contributed by atoms with van der Waals surface area (Å²) in [5, 5.41) is 0. The zero-order valence-electron chi connectivity index (χ0n) is 17.8.